The summed E-state index contributed by atoms with van der Waals surface area (Å²) < 4.78 is 33.2. The number of benzene rings is 4. The Hall–Kier alpha value is -4.36. The zero-order chi connectivity index (χ0) is 25.8. The summed E-state index contributed by atoms with van der Waals surface area (Å²) in [7, 11) is -1.94. The van der Waals surface area contributed by atoms with Crippen LogP contribution in [-0.4, -0.2) is 26.8 Å². The second-order valence-electron chi connectivity index (χ2n) is 8.75. The van der Waals surface area contributed by atoms with Crippen LogP contribution in [-0.2, 0) is 16.6 Å². The Morgan fingerprint density at radius 3 is 2.08 bits per heavy atom. The van der Waals surface area contributed by atoms with Gasteiger partial charge in [-0.1, -0.05) is 72.8 Å². The molecule has 6 nitrogen and oxygen atoms in total. The molecule has 0 unspecified atom stereocenters. The molecule has 1 aromatic heterocycles. The van der Waals surface area contributed by atoms with Crippen molar-refractivity contribution < 1.29 is 13.2 Å². The zero-order valence-corrected chi connectivity index (χ0v) is 21.4. The molecule has 0 aliphatic carbocycles. The number of fused-ring (bicyclic) bond motifs is 1. The van der Waals surface area contributed by atoms with Crippen molar-refractivity contribution in [1.29, 1.82) is 0 Å². The molecule has 0 bridgehead atoms. The first-order valence-electron chi connectivity index (χ1n) is 11.8. The molecule has 186 valence electrons. The molecular formula is C30H27N3O3S. The molecule has 0 spiro atoms. The van der Waals surface area contributed by atoms with E-state index < -0.39 is 10.0 Å². The van der Waals surface area contributed by atoms with Crippen molar-refractivity contribution in [1.82, 2.24) is 4.98 Å². The topological polar surface area (TPSA) is 80.3 Å². The van der Waals surface area contributed by atoms with Gasteiger partial charge in [0.25, 0.3) is 0 Å². The second kappa shape index (κ2) is 10.3. The molecule has 5 rings (SSSR count). The Balaban J connectivity index is 1.67. The molecule has 7 heteroatoms. The maximum absolute atomic E-state index is 12.6. The predicted octanol–water partition coefficient (Wildman–Crippen LogP) is 6.56. The molecule has 0 aliphatic heterocycles. The first-order chi connectivity index (χ1) is 17.9. The van der Waals surface area contributed by atoms with Gasteiger partial charge < -0.3 is 10.1 Å². The Labute approximate surface area is 217 Å². The van der Waals surface area contributed by atoms with Crippen molar-refractivity contribution in [3.8, 4) is 28.1 Å². The summed E-state index contributed by atoms with van der Waals surface area (Å²) in [5.74, 6) is 0.805. The van der Waals surface area contributed by atoms with Crippen LogP contribution in [0.1, 0.15) is 5.56 Å². The Bertz CT molecular complexity index is 1640. The number of hydrogen-bond donors (Lipinski definition) is 2. The Morgan fingerprint density at radius 1 is 0.811 bits per heavy atom. The molecule has 0 atom stereocenters. The number of nitrogens with one attached hydrogen (secondary N) is 2. The van der Waals surface area contributed by atoms with E-state index in [1.807, 2.05) is 103 Å². The van der Waals surface area contributed by atoms with Gasteiger partial charge in [-0.25, -0.2) is 13.4 Å². The van der Waals surface area contributed by atoms with Crippen LogP contribution < -0.4 is 14.8 Å². The summed E-state index contributed by atoms with van der Waals surface area (Å²) in [5, 5.41) is 4.15. The average molecular weight is 510 g/mol. The maximum atomic E-state index is 12.6. The first kappa shape index (κ1) is 24.3. The van der Waals surface area contributed by atoms with E-state index in [9.17, 15) is 8.42 Å². The predicted molar refractivity (Wildman–Crippen MR) is 151 cm³/mol. The number of anilines is 2. The number of ether oxygens (including phenoxy) is 1. The van der Waals surface area contributed by atoms with Gasteiger partial charge in [0, 0.05) is 28.7 Å². The smallest absolute Gasteiger partial charge is 0.229 e. The van der Waals surface area contributed by atoms with Crippen LogP contribution in [0.4, 0.5) is 11.4 Å². The minimum Gasteiger partial charge on any atom is -0.497 e. The second-order valence-corrected chi connectivity index (χ2v) is 10.5. The van der Waals surface area contributed by atoms with Gasteiger partial charge in [0.05, 0.1) is 30.3 Å². The molecule has 5 aromatic rings. The molecule has 0 aliphatic rings. The highest BCUT2D eigenvalue weighted by Crippen LogP contribution is 2.42. The third-order valence-electron chi connectivity index (χ3n) is 6.04. The number of sulfonamides is 1. The fourth-order valence-corrected chi connectivity index (χ4v) is 4.89. The Kier molecular flexibility index (Phi) is 6.79. The third-order valence-corrected chi connectivity index (χ3v) is 6.61. The minimum absolute atomic E-state index is 0.505. The fraction of sp³-hybridized carbons (Fsp3) is 0.100. The van der Waals surface area contributed by atoms with Gasteiger partial charge in [-0.3, -0.25) is 4.72 Å². The number of nitrogens with zero attached hydrogens (tertiary/aromatic N) is 1. The van der Waals surface area contributed by atoms with E-state index in [-0.39, 0.29) is 0 Å². The molecule has 0 amide bonds. The quantitative estimate of drug-likeness (QED) is 0.248. The van der Waals surface area contributed by atoms with E-state index in [2.05, 4.69) is 10.0 Å². The van der Waals surface area contributed by atoms with Gasteiger partial charge in [-0.2, -0.15) is 0 Å². The summed E-state index contributed by atoms with van der Waals surface area (Å²) in [4.78, 5) is 5.01. The van der Waals surface area contributed by atoms with Crippen LogP contribution in [0.5, 0.6) is 5.75 Å². The standard InChI is InChI=1S/C30H27N3O3S/c1-36-25-16-13-21(14-17-25)20-31-24-15-18-27-26(19-24)30(33-37(2,34)35)28(22-9-5-3-6-10-22)29(32-27)23-11-7-4-8-12-23/h3-19,31H,20H2,1-2H3,(H,32,33). The Morgan fingerprint density at radius 2 is 1.46 bits per heavy atom. The van der Waals surface area contributed by atoms with Gasteiger partial charge >= 0.3 is 0 Å². The van der Waals surface area contributed by atoms with Crippen molar-refractivity contribution in [2.24, 2.45) is 0 Å². The van der Waals surface area contributed by atoms with E-state index in [1.54, 1.807) is 7.11 Å². The van der Waals surface area contributed by atoms with Crippen LogP contribution in [0, 0.1) is 0 Å². The minimum atomic E-state index is -3.58. The average Bonchev–Trinajstić information content (AvgIpc) is 2.92. The monoisotopic (exact) mass is 509 g/mol. The summed E-state index contributed by atoms with van der Waals surface area (Å²) in [6.07, 6.45) is 1.17. The first-order valence-corrected chi connectivity index (χ1v) is 13.7. The number of aromatic nitrogens is 1. The largest absolute Gasteiger partial charge is 0.497 e. The molecule has 0 saturated carbocycles. The van der Waals surface area contributed by atoms with Gasteiger partial charge in [0.1, 0.15) is 5.75 Å². The van der Waals surface area contributed by atoms with E-state index >= 15 is 0 Å². The highest BCUT2D eigenvalue weighted by Gasteiger charge is 2.20. The maximum Gasteiger partial charge on any atom is 0.229 e. The van der Waals surface area contributed by atoms with E-state index in [0.717, 1.165) is 33.7 Å². The van der Waals surface area contributed by atoms with Crippen LogP contribution >= 0.6 is 0 Å². The van der Waals surface area contributed by atoms with Crippen LogP contribution in [0.15, 0.2) is 103 Å². The molecule has 1 heterocycles. The number of methoxy groups -OCH3 is 1. The summed E-state index contributed by atoms with van der Waals surface area (Å²) >= 11 is 0. The third kappa shape index (κ3) is 5.57. The number of hydrogen-bond acceptors (Lipinski definition) is 5. The summed E-state index contributed by atoms with van der Waals surface area (Å²) in [6.45, 7) is 0.603. The normalized spacial score (nSPS) is 11.3. The zero-order valence-electron chi connectivity index (χ0n) is 20.6. The number of pyridine rings is 1. The highest BCUT2D eigenvalue weighted by molar-refractivity contribution is 7.92. The van der Waals surface area contributed by atoms with Crippen molar-refractivity contribution in [2.45, 2.75) is 6.54 Å². The molecule has 0 radical (unpaired) electrons. The van der Waals surface area contributed by atoms with E-state index in [4.69, 9.17) is 9.72 Å². The molecule has 0 saturated heterocycles. The van der Waals surface area contributed by atoms with Crippen LogP contribution in [0.3, 0.4) is 0 Å². The van der Waals surface area contributed by atoms with Gasteiger partial charge in [0.15, 0.2) is 0 Å². The molecule has 37 heavy (non-hydrogen) atoms. The van der Waals surface area contributed by atoms with E-state index in [0.29, 0.717) is 28.8 Å². The van der Waals surface area contributed by atoms with Crippen LogP contribution in [0.2, 0.25) is 0 Å². The molecule has 4 aromatic carbocycles. The van der Waals surface area contributed by atoms with Crippen molar-refractivity contribution in [2.75, 3.05) is 23.4 Å². The lowest BCUT2D eigenvalue weighted by Gasteiger charge is -2.19. The lowest BCUT2D eigenvalue weighted by molar-refractivity contribution is 0.414. The van der Waals surface area contributed by atoms with Crippen molar-refractivity contribution in [3.63, 3.8) is 0 Å². The van der Waals surface area contributed by atoms with Crippen LogP contribution in [0.25, 0.3) is 33.3 Å². The fourth-order valence-electron chi connectivity index (χ4n) is 4.30. The molecule has 2 N–H and O–H groups in total. The van der Waals surface area contributed by atoms with Crippen molar-refractivity contribution in [3.05, 3.63) is 109 Å². The number of rotatable bonds is 8. The van der Waals surface area contributed by atoms with E-state index in [1.165, 1.54) is 6.26 Å². The van der Waals surface area contributed by atoms with Gasteiger partial charge in [-0.15, -0.1) is 0 Å². The SMILES string of the molecule is COc1ccc(CNc2ccc3nc(-c4ccccc4)c(-c4ccccc4)c(NS(C)(=O)=O)c3c2)cc1. The highest BCUT2D eigenvalue weighted by atomic mass is 32.2. The summed E-state index contributed by atoms with van der Waals surface area (Å²) in [5.41, 5.74) is 6.37. The molecular weight excluding hydrogens is 482 g/mol. The van der Waals surface area contributed by atoms with Gasteiger partial charge in [0.2, 0.25) is 10.0 Å². The molecule has 0 fully saturated rings. The van der Waals surface area contributed by atoms with Gasteiger partial charge in [-0.05, 0) is 41.5 Å². The lowest BCUT2D eigenvalue weighted by atomic mass is 9.95. The van der Waals surface area contributed by atoms with Crippen molar-refractivity contribution >= 4 is 32.3 Å². The lowest BCUT2D eigenvalue weighted by Crippen LogP contribution is -2.12. The summed E-state index contributed by atoms with van der Waals surface area (Å²) in [6, 6.07) is 33.2.